The van der Waals surface area contributed by atoms with Crippen molar-refractivity contribution >= 4 is 5.91 Å². The molecule has 0 aromatic heterocycles. The summed E-state index contributed by atoms with van der Waals surface area (Å²) in [7, 11) is 0. The lowest BCUT2D eigenvalue weighted by atomic mass is 10.1. The Hall–Kier alpha value is -2.17. The third kappa shape index (κ3) is 4.22. The van der Waals surface area contributed by atoms with Crippen molar-refractivity contribution in [3.63, 3.8) is 0 Å². The van der Waals surface area contributed by atoms with Crippen LogP contribution in [0.25, 0.3) is 0 Å². The average Bonchev–Trinajstić information content (AvgIpc) is 3.11. The summed E-state index contributed by atoms with van der Waals surface area (Å²) >= 11 is 0. The molecule has 2 N–H and O–H groups in total. The molecule has 1 aliphatic heterocycles. The Balaban J connectivity index is 1.45. The van der Waals surface area contributed by atoms with Crippen LogP contribution in [0.3, 0.4) is 0 Å². The van der Waals surface area contributed by atoms with Crippen LogP contribution in [0, 0.1) is 5.92 Å². The van der Waals surface area contributed by atoms with Crippen LogP contribution in [0.5, 0.6) is 0 Å². The molecular formula is C20H24N2O2. The maximum absolute atomic E-state index is 12.5. The Labute approximate surface area is 143 Å². The van der Waals surface area contributed by atoms with E-state index < -0.39 is 6.04 Å². The molecule has 0 aliphatic carbocycles. The van der Waals surface area contributed by atoms with E-state index >= 15 is 0 Å². The van der Waals surface area contributed by atoms with Gasteiger partial charge in [0.05, 0.1) is 13.2 Å². The molecule has 1 saturated heterocycles. The van der Waals surface area contributed by atoms with Crippen LogP contribution in [-0.4, -0.2) is 30.5 Å². The quantitative estimate of drug-likeness (QED) is 0.889. The van der Waals surface area contributed by atoms with E-state index in [0.717, 1.165) is 25.1 Å². The first-order valence-electron chi connectivity index (χ1n) is 8.45. The van der Waals surface area contributed by atoms with Gasteiger partial charge in [0, 0.05) is 19.0 Å². The molecule has 1 amide bonds. The molecule has 1 fully saturated rings. The Bertz CT molecular complexity index is 645. The third-order valence-corrected chi connectivity index (χ3v) is 4.49. The van der Waals surface area contributed by atoms with Gasteiger partial charge < -0.3 is 15.4 Å². The first-order valence-corrected chi connectivity index (χ1v) is 8.45. The fourth-order valence-electron chi connectivity index (χ4n) is 3.09. The van der Waals surface area contributed by atoms with Gasteiger partial charge in [-0.05, 0) is 17.5 Å². The van der Waals surface area contributed by atoms with Gasteiger partial charge >= 0.3 is 0 Å². The topological polar surface area (TPSA) is 55.6 Å². The minimum absolute atomic E-state index is 0.00626. The number of amides is 1. The molecule has 0 bridgehead atoms. The number of benzene rings is 2. The minimum Gasteiger partial charge on any atom is -0.376 e. The van der Waals surface area contributed by atoms with E-state index in [2.05, 4.69) is 12.1 Å². The van der Waals surface area contributed by atoms with E-state index in [1.54, 1.807) is 0 Å². The molecule has 1 aliphatic rings. The van der Waals surface area contributed by atoms with Gasteiger partial charge in [-0.2, -0.15) is 0 Å². The van der Waals surface area contributed by atoms with Gasteiger partial charge in [-0.3, -0.25) is 4.79 Å². The molecule has 4 heteroatoms. The Kier molecular flexibility index (Phi) is 5.62. The van der Waals surface area contributed by atoms with E-state index in [0.29, 0.717) is 19.1 Å². The number of hydrogen-bond donors (Lipinski definition) is 1. The predicted octanol–water partition coefficient (Wildman–Crippen LogP) is 2.75. The number of likely N-dealkylation sites (tertiary alicyclic amines) is 1. The van der Waals surface area contributed by atoms with Crippen LogP contribution < -0.4 is 5.73 Å². The first-order chi connectivity index (χ1) is 11.7. The summed E-state index contributed by atoms with van der Waals surface area (Å²) in [5.41, 5.74) is 8.16. The fraction of sp³-hybridized carbons (Fsp3) is 0.350. The molecule has 3 rings (SSSR count). The lowest BCUT2D eigenvalue weighted by molar-refractivity contribution is -0.131. The van der Waals surface area contributed by atoms with Gasteiger partial charge in [0.25, 0.3) is 0 Å². The van der Waals surface area contributed by atoms with E-state index in [1.165, 1.54) is 5.56 Å². The number of carbonyl (C=O) groups is 1. The van der Waals surface area contributed by atoms with Crippen molar-refractivity contribution in [3.05, 3.63) is 71.8 Å². The number of ether oxygens (including phenoxy) is 1. The van der Waals surface area contributed by atoms with Crippen molar-refractivity contribution in [2.75, 3.05) is 19.7 Å². The van der Waals surface area contributed by atoms with Crippen LogP contribution >= 0.6 is 0 Å². The van der Waals surface area contributed by atoms with Crippen LogP contribution in [-0.2, 0) is 16.1 Å². The minimum atomic E-state index is -0.574. The molecule has 0 spiro atoms. The van der Waals surface area contributed by atoms with E-state index in [1.807, 2.05) is 53.4 Å². The summed E-state index contributed by atoms with van der Waals surface area (Å²) in [6.45, 7) is 2.79. The number of nitrogens with two attached hydrogens (primary N) is 1. The molecule has 126 valence electrons. The van der Waals surface area contributed by atoms with Gasteiger partial charge in [0.15, 0.2) is 0 Å². The average molecular weight is 324 g/mol. The van der Waals surface area contributed by atoms with Crippen molar-refractivity contribution in [2.24, 2.45) is 11.7 Å². The molecule has 4 nitrogen and oxygen atoms in total. The summed E-state index contributed by atoms with van der Waals surface area (Å²) < 4.78 is 5.81. The Morgan fingerprint density at radius 2 is 1.79 bits per heavy atom. The summed E-state index contributed by atoms with van der Waals surface area (Å²) in [5, 5.41) is 0. The van der Waals surface area contributed by atoms with Crippen molar-refractivity contribution in [2.45, 2.75) is 19.1 Å². The second kappa shape index (κ2) is 8.08. The molecule has 0 unspecified atom stereocenters. The first kappa shape index (κ1) is 16.7. The Morgan fingerprint density at radius 1 is 1.12 bits per heavy atom. The van der Waals surface area contributed by atoms with Gasteiger partial charge in [-0.25, -0.2) is 0 Å². The Morgan fingerprint density at radius 3 is 2.50 bits per heavy atom. The number of carbonyl (C=O) groups excluding carboxylic acids is 1. The molecular weight excluding hydrogens is 300 g/mol. The third-order valence-electron chi connectivity index (χ3n) is 4.49. The van der Waals surface area contributed by atoms with E-state index in [4.69, 9.17) is 10.5 Å². The molecule has 24 heavy (non-hydrogen) atoms. The molecule has 1 heterocycles. The predicted molar refractivity (Wildman–Crippen MR) is 94.2 cm³/mol. The number of hydrogen-bond acceptors (Lipinski definition) is 3. The summed E-state index contributed by atoms with van der Waals surface area (Å²) in [4.78, 5) is 14.4. The molecule has 0 saturated carbocycles. The SMILES string of the molecule is N[C@H](C(=O)N1CC[C@@H](COCc2ccccc2)C1)c1ccccc1. The normalized spacial score (nSPS) is 18.5. The number of nitrogens with zero attached hydrogens (tertiary/aromatic N) is 1. The van der Waals surface area contributed by atoms with Crippen molar-refractivity contribution < 1.29 is 9.53 Å². The molecule has 2 aromatic carbocycles. The summed E-state index contributed by atoms with van der Waals surface area (Å²) in [6.07, 6.45) is 0.974. The second-order valence-corrected chi connectivity index (χ2v) is 6.33. The molecule has 2 aromatic rings. The summed E-state index contributed by atoms with van der Waals surface area (Å²) in [6, 6.07) is 19.1. The van der Waals surface area contributed by atoms with Crippen LogP contribution in [0.1, 0.15) is 23.6 Å². The zero-order valence-electron chi connectivity index (χ0n) is 13.8. The maximum atomic E-state index is 12.5. The van der Waals surface area contributed by atoms with Crippen molar-refractivity contribution in [1.29, 1.82) is 0 Å². The monoisotopic (exact) mass is 324 g/mol. The fourth-order valence-corrected chi connectivity index (χ4v) is 3.09. The van der Waals surface area contributed by atoms with Crippen molar-refractivity contribution in [1.82, 2.24) is 4.90 Å². The van der Waals surface area contributed by atoms with E-state index in [9.17, 15) is 4.79 Å². The maximum Gasteiger partial charge on any atom is 0.244 e. The highest BCUT2D eigenvalue weighted by atomic mass is 16.5. The highest BCUT2D eigenvalue weighted by Gasteiger charge is 2.29. The zero-order valence-corrected chi connectivity index (χ0v) is 13.8. The van der Waals surface area contributed by atoms with Crippen LogP contribution in [0.15, 0.2) is 60.7 Å². The van der Waals surface area contributed by atoms with Crippen molar-refractivity contribution in [3.8, 4) is 0 Å². The molecule has 0 radical (unpaired) electrons. The van der Waals surface area contributed by atoms with E-state index in [-0.39, 0.29) is 5.91 Å². The zero-order chi connectivity index (χ0) is 16.8. The smallest absolute Gasteiger partial charge is 0.244 e. The summed E-state index contributed by atoms with van der Waals surface area (Å²) in [5.74, 6) is 0.396. The van der Waals surface area contributed by atoms with Crippen LogP contribution in [0.2, 0.25) is 0 Å². The van der Waals surface area contributed by atoms with Gasteiger partial charge in [-0.15, -0.1) is 0 Å². The highest BCUT2D eigenvalue weighted by Crippen LogP contribution is 2.21. The van der Waals surface area contributed by atoms with Crippen LogP contribution in [0.4, 0.5) is 0 Å². The van der Waals surface area contributed by atoms with Gasteiger partial charge in [-0.1, -0.05) is 60.7 Å². The van der Waals surface area contributed by atoms with Gasteiger partial charge in [0.1, 0.15) is 6.04 Å². The largest absolute Gasteiger partial charge is 0.376 e. The number of rotatable bonds is 6. The lowest BCUT2D eigenvalue weighted by Gasteiger charge is -2.21. The second-order valence-electron chi connectivity index (χ2n) is 6.33. The molecule has 2 atom stereocenters. The van der Waals surface area contributed by atoms with Gasteiger partial charge in [0.2, 0.25) is 5.91 Å². The standard InChI is InChI=1S/C20H24N2O2/c21-19(18-9-5-2-6-10-18)20(23)22-12-11-17(13-22)15-24-14-16-7-3-1-4-8-16/h1-10,17,19H,11-15,21H2/t17-,19+/m1/s1. The highest BCUT2D eigenvalue weighted by molar-refractivity contribution is 5.83. The lowest BCUT2D eigenvalue weighted by Crippen LogP contribution is -2.37.